The molecule has 5 nitrogen and oxygen atoms in total. The van der Waals surface area contributed by atoms with Gasteiger partial charge in [0.05, 0.1) is 12.3 Å². The number of ether oxygens (including phenoxy) is 1. The highest BCUT2D eigenvalue weighted by atomic mass is 35.5. The maximum Gasteiger partial charge on any atom is 0.224 e. The summed E-state index contributed by atoms with van der Waals surface area (Å²) in [4.78, 5) is 8.51. The predicted octanol–water partition coefficient (Wildman–Crippen LogP) is 2.93. The molecule has 0 saturated carbocycles. The second-order valence-electron chi connectivity index (χ2n) is 4.67. The topological polar surface area (TPSA) is 59.1 Å². The van der Waals surface area contributed by atoms with E-state index in [1.54, 1.807) is 6.20 Å². The Labute approximate surface area is 119 Å². The average molecular weight is 285 g/mol. The van der Waals surface area contributed by atoms with Crippen LogP contribution in [0.15, 0.2) is 6.20 Å². The van der Waals surface area contributed by atoms with Crippen LogP contribution >= 0.6 is 11.6 Å². The number of nitrogens with one attached hydrogen (secondary N) is 2. The molecule has 6 heteroatoms. The molecule has 0 aliphatic carbocycles. The lowest BCUT2D eigenvalue weighted by Crippen LogP contribution is -2.14. The number of nitrogens with zero attached hydrogens (tertiary/aromatic N) is 2. The van der Waals surface area contributed by atoms with Crippen LogP contribution in [0, 0.1) is 0 Å². The van der Waals surface area contributed by atoms with Gasteiger partial charge in [-0.05, 0) is 25.7 Å². The highest BCUT2D eigenvalue weighted by Crippen LogP contribution is 2.20. The zero-order valence-electron chi connectivity index (χ0n) is 11.3. The summed E-state index contributed by atoms with van der Waals surface area (Å²) in [6.45, 7) is 4.67. The van der Waals surface area contributed by atoms with Gasteiger partial charge in [-0.2, -0.15) is 4.98 Å². The van der Waals surface area contributed by atoms with Crippen LogP contribution in [0.25, 0.3) is 0 Å². The van der Waals surface area contributed by atoms with E-state index in [2.05, 4.69) is 27.5 Å². The predicted molar refractivity (Wildman–Crippen MR) is 77.9 cm³/mol. The second kappa shape index (κ2) is 7.50. The van der Waals surface area contributed by atoms with Gasteiger partial charge in [-0.15, -0.1) is 0 Å². The molecule has 2 rings (SSSR count). The fourth-order valence-corrected chi connectivity index (χ4v) is 2.19. The van der Waals surface area contributed by atoms with Crippen molar-refractivity contribution < 1.29 is 4.74 Å². The minimum atomic E-state index is 0.380. The van der Waals surface area contributed by atoms with Gasteiger partial charge in [0, 0.05) is 19.7 Å². The molecule has 0 bridgehead atoms. The van der Waals surface area contributed by atoms with E-state index in [1.807, 2.05) is 0 Å². The number of halogens is 1. The zero-order valence-corrected chi connectivity index (χ0v) is 12.0. The third kappa shape index (κ3) is 4.51. The van der Waals surface area contributed by atoms with E-state index in [4.69, 9.17) is 16.3 Å². The monoisotopic (exact) mass is 284 g/mol. The van der Waals surface area contributed by atoms with Crippen LogP contribution in [0.2, 0.25) is 5.02 Å². The van der Waals surface area contributed by atoms with Gasteiger partial charge in [0.1, 0.15) is 10.8 Å². The molecule has 1 saturated heterocycles. The lowest BCUT2D eigenvalue weighted by Gasteiger charge is -2.12. The van der Waals surface area contributed by atoms with E-state index >= 15 is 0 Å². The van der Waals surface area contributed by atoms with Gasteiger partial charge < -0.3 is 15.4 Å². The van der Waals surface area contributed by atoms with Crippen molar-refractivity contribution in [1.82, 2.24) is 9.97 Å². The fourth-order valence-electron chi connectivity index (χ4n) is 2.04. The molecule has 1 aliphatic heterocycles. The highest BCUT2D eigenvalue weighted by Gasteiger charge is 2.15. The molecule has 1 atom stereocenters. The smallest absolute Gasteiger partial charge is 0.224 e. The Morgan fingerprint density at radius 2 is 2.32 bits per heavy atom. The number of aromatic nitrogens is 2. The van der Waals surface area contributed by atoms with Crippen LogP contribution in [0.5, 0.6) is 0 Å². The van der Waals surface area contributed by atoms with Gasteiger partial charge in [0.2, 0.25) is 5.95 Å². The Kier molecular flexibility index (Phi) is 5.66. The first kappa shape index (κ1) is 14.3. The van der Waals surface area contributed by atoms with Gasteiger partial charge in [-0.25, -0.2) is 4.98 Å². The Hall–Kier alpha value is -1.07. The summed E-state index contributed by atoms with van der Waals surface area (Å²) in [5.74, 6) is 1.30. The first-order chi connectivity index (χ1) is 9.29. The third-order valence-corrected chi connectivity index (χ3v) is 3.34. The molecule has 1 aliphatic rings. The van der Waals surface area contributed by atoms with E-state index in [-0.39, 0.29) is 0 Å². The van der Waals surface area contributed by atoms with Gasteiger partial charge >= 0.3 is 0 Å². The summed E-state index contributed by atoms with van der Waals surface area (Å²) in [5, 5.41) is 6.95. The van der Waals surface area contributed by atoms with Crippen molar-refractivity contribution in [1.29, 1.82) is 0 Å². The Morgan fingerprint density at radius 3 is 3.05 bits per heavy atom. The Balaban J connectivity index is 1.83. The lowest BCUT2D eigenvalue weighted by atomic mass is 10.2. The normalized spacial score (nSPS) is 18.5. The van der Waals surface area contributed by atoms with Crippen LogP contribution in [-0.4, -0.2) is 35.8 Å². The molecule has 2 heterocycles. The van der Waals surface area contributed by atoms with Crippen molar-refractivity contribution in [3.8, 4) is 0 Å². The molecule has 0 amide bonds. The minimum absolute atomic E-state index is 0.380. The second-order valence-corrected chi connectivity index (χ2v) is 5.07. The highest BCUT2D eigenvalue weighted by molar-refractivity contribution is 6.32. The molecule has 1 aromatic rings. The van der Waals surface area contributed by atoms with Crippen LogP contribution in [-0.2, 0) is 4.74 Å². The van der Waals surface area contributed by atoms with Gasteiger partial charge in [-0.3, -0.25) is 0 Å². The van der Waals surface area contributed by atoms with E-state index in [0.29, 0.717) is 22.9 Å². The summed E-state index contributed by atoms with van der Waals surface area (Å²) in [6, 6.07) is 0. The molecule has 1 fully saturated rings. The van der Waals surface area contributed by atoms with Crippen molar-refractivity contribution in [2.45, 2.75) is 38.7 Å². The third-order valence-electron chi connectivity index (χ3n) is 3.06. The number of hydrogen-bond donors (Lipinski definition) is 2. The van der Waals surface area contributed by atoms with Crippen LogP contribution in [0.3, 0.4) is 0 Å². The fraction of sp³-hybridized carbons (Fsp3) is 0.692. The van der Waals surface area contributed by atoms with E-state index < -0.39 is 0 Å². The quantitative estimate of drug-likeness (QED) is 0.806. The van der Waals surface area contributed by atoms with Gasteiger partial charge in [0.25, 0.3) is 0 Å². The summed E-state index contributed by atoms with van der Waals surface area (Å²) < 4.78 is 5.58. The lowest BCUT2D eigenvalue weighted by molar-refractivity contribution is 0.107. The number of hydrogen-bond acceptors (Lipinski definition) is 5. The molecule has 0 radical (unpaired) electrons. The molecular formula is C13H21ClN4O. The average Bonchev–Trinajstić information content (AvgIpc) is 2.92. The molecule has 1 aromatic heterocycles. The first-order valence-corrected chi connectivity index (χ1v) is 7.29. The van der Waals surface area contributed by atoms with Crippen molar-refractivity contribution in [3.05, 3.63) is 11.2 Å². The maximum absolute atomic E-state index is 6.08. The summed E-state index contributed by atoms with van der Waals surface area (Å²) in [5.41, 5.74) is 0. The summed E-state index contributed by atoms with van der Waals surface area (Å²) in [6.07, 6.45) is 6.35. The SMILES string of the molecule is CCCNc1ncc(Cl)c(NCCC2CCCO2)n1. The van der Waals surface area contributed by atoms with Crippen molar-refractivity contribution in [2.75, 3.05) is 30.3 Å². The van der Waals surface area contributed by atoms with Crippen LogP contribution < -0.4 is 10.6 Å². The van der Waals surface area contributed by atoms with Gasteiger partial charge in [-0.1, -0.05) is 18.5 Å². The molecular weight excluding hydrogens is 264 g/mol. The largest absolute Gasteiger partial charge is 0.378 e. The van der Waals surface area contributed by atoms with Gasteiger partial charge in [0.15, 0.2) is 0 Å². The maximum atomic E-state index is 6.08. The van der Waals surface area contributed by atoms with Crippen LogP contribution in [0.4, 0.5) is 11.8 Å². The Morgan fingerprint density at radius 1 is 1.42 bits per heavy atom. The molecule has 19 heavy (non-hydrogen) atoms. The van der Waals surface area contributed by atoms with Crippen molar-refractivity contribution in [3.63, 3.8) is 0 Å². The van der Waals surface area contributed by atoms with E-state index in [9.17, 15) is 0 Å². The standard InChI is InChI=1S/C13H21ClN4O/c1-2-6-16-13-17-9-11(14)12(18-13)15-7-5-10-4-3-8-19-10/h9-10H,2-8H2,1H3,(H2,15,16,17,18). The van der Waals surface area contributed by atoms with Crippen molar-refractivity contribution in [2.24, 2.45) is 0 Å². The first-order valence-electron chi connectivity index (χ1n) is 6.91. The minimum Gasteiger partial charge on any atom is -0.378 e. The number of anilines is 2. The van der Waals surface area contributed by atoms with Crippen molar-refractivity contribution >= 4 is 23.4 Å². The van der Waals surface area contributed by atoms with E-state index in [1.165, 1.54) is 6.42 Å². The zero-order chi connectivity index (χ0) is 13.5. The van der Waals surface area contributed by atoms with E-state index in [0.717, 1.165) is 39.0 Å². The summed E-state index contributed by atoms with van der Waals surface area (Å²) in [7, 11) is 0. The summed E-state index contributed by atoms with van der Waals surface area (Å²) >= 11 is 6.08. The molecule has 0 spiro atoms. The molecule has 1 unspecified atom stereocenters. The van der Waals surface area contributed by atoms with Crippen LogP contribution in [0.1, 0.15) is 32.6 Å². The molecule has 2 N–H and O–H groups in total. The Bertz CT molecular complexity index is 396. The molecule has 106 valence electrons. The molecule has 0 aromatic carbocycles. The number of rotatable bonds is 7.